The maximum atomic E-state index is 15.2. The van der Waals surface area contributed by atoms with Gasteiger partial charge in [0.05, 0.1) is 34.4 Å². The van der Waals surface area contributed by atoms with Gasteiger partial charge in [-0.3, -0.25) is 9.59 Å². The number of fused-ring (bicyclic) bond motifs is 1. The number of anilines is 2. The number of phenols is 4. The van der Waals surface area contributed by atoms with E-state index in [-0.39, 0.29) is 64.7 Å². The standard InChI is InChI=1S/C38H40N2O10/c1-7-39(23-9-13-25(41)14-10-23)37(45)27-17-21-18-30(49-5)35(44)36(50-6)32(21)31(22-19-28(47-3)34(43)29(20-22)48-4)33(27)38(46)40(8-2)24-11-15-26(42)16-12-24/h9-20,31,33,41-44H,7-8H2,1-6H3/t31-,33-/m0/s1. The molecule has 0 saturated heterocycles. The van der Waals surface area contributed by atoms with E-state index in [4.69, 9.17) is 18.9 Å². The lowest BCUT2D eigenvalue weighted by molar-refractivity contribution is -0.124. The number of rotatable bonds is 11. The largest absolute Gasteiger partial charge is 0.508 e. The molecule has 0 unspecified atom stereocenters. The van der Waals surface area contributed by atoms with Gasteiger partial charge in [0.15, 0.2) is 23.0 Å². The third-order valence-electron chi connectivity index (χ3n) is 8.85. The summed E-state index contributed by atoms with van der Waals surface area (Å²) in [4.78, 5) is 33.1. The number of methoxy groups -OCH3 is 4. The van der Waals surface area contributed by atoms with Crippen LogP contribution in [0.15, 0.2) is 72.3 Å². The highest BCUT2D eigenvalue weighted by Gasteiger charge is 2.46. The number of hydrogen-bond donors (Lipinski definition) is 4. The molecule has 0 aromatic heterocycles. The van der Waals surface area contributed by atoms with Crippen LogP contribution in [0.5, 0.6) is 46.0 Å². The first-order valence-electron chi connectivity index (χ1n) is 15.9. The van der Waals surface area contributed by atoms with Gasteiger partial charge in [-0.2, -0.15) is 0 Å². The first-order chi connectivity index (χ1) is 24.0. The number of nitrogens with zero attached hydrogens (tertiary/aromatic N) is 2. The molecule has 12 heteroatoms. The molecule has 2 amide bonds. The van der Waals surface area contributed by atoms with Gasteiger partial charge < -0.3 is 49.2 Å². The quantitative estimate of drug-likeness (QED) is 0.152. The van der Waals surface area contributed by atoms with Crippen molar-refractivity contribution in [1.82, 2.24) is 0 Å². The Labute approximate surface area is 289 Å². The van der Waals surface area contributed by atoms with Crippen molar-refractivity contribution in [3.05, 3.63) is 89.0 Å². The molecule has 0 radical (unpaired) electrons. The van der Waals surface area contributed by atoms with Crippen molar-refractivity contribution >= 4 is 29.3 Å². The zero-order valence-corrected chi connectivity index (χ0v) is 28.6. The molecule has 0 bridgehead atoms. The molecule has 262 valence electrons. The van der Waals surface area contributed by atoms with Gasteiger partial charge in [0.2, 0.25) is 17.4 Å². The zero-order chi connectivity index (χ0) is 36.3. The summed E-state index contributed by atoms with van der Waals surface area (Å²) in [6.45, 7) is 4.01. The predicted octanol–water partition coefficient (Wildman–Crippen LogP) is 5.79. The first-order valence-corrected chi connectivity index (χ1v) is 15.9. The van der Waals surface area contributed by atoms with Crippen LogP contribution in [0.2, 0.25) is 0 Å². The van der Waals surface area contributed by atoms with E-state index in [2.05, 4.69) is 0 Å². The van der Waals surface area contributed by atoms with Gasteiger partial charge in [-0.25, -0.2) is 0 Å². The predicted molar refractivity (Wildman–Crippen MR) is 188 cm³/mol. The number of benzene rings is 4. The average molecular weight is 685 g/mol. The highest BCUT2D eigenvalue weighted by atomic mass is 16.5. The number of carbonyl (C=O) groups excluding carboxylic acids is 2. The second kappa shape index (κ2) is 14.6. The van der Waals surface area contributed by atoms with Crippen molar-refractivity contribution in [2.24, 2.45) is 5.92 Å². The molecule has 2 atom stereocenters. The number of amides is 2. The van der Waals surface area contributed by atoms with Crippen molar-refractivity contribution in [3.8, 4) is 46.0 Å². The molecule has 50 heavy (non-hydrogen) atoms. The van der Waals surface area contributed by atoms with E-state index in [0.29, 0.717) is 28.1 Å². The minimum absolute atomic E-state index is 0.0161. The van der Waals surface area contributed by atoms with Crippen LogP contribution in [-0.2, 0) is 9.59 Å². The maximum Gasteiger partial charge on any atom is 0.255 e. The third-order valence-corrected chi connectivity index (χ3v) is 8.85. The van der Waals surface area contributed by atoms with E-state index in [0.717, 1.165) is 0 Å². The fraction of sp³-hybridized carbons (Fsp3) is 0.263. The summed E-state index contributed by atoms with van der Waals surface area (Å²) < 4.78 is 22.3. The topological polar surface area (TPSA) is 158 Å². The highest BCUT2D eigenvalue weighted by molar-refractivity contribution is 6.15. The van der Waals surface area contributed by atoms with E-state index in [9.17, 15) is 25.2 Å². The number of hydrogen-bond acceptors (Lipinski definition) is 10. The summed E-state index contributed by atoms with van der Waals surface area (Å²) in [5, 5.41) is 42.2. The van der Waals surface area contributed by atoms with Crippen LogP contribution >= 0.6 is 0 Å². The van der Waals surface area contributed by atoms with Crippen LogP contribution in [-0.4, -0.2) is 73.8 Å². The molecule has 0 aliphatic heterocycles. The summed E-state index contributed by atoms with van der Waals surface area (Å²) in [7, 11) is 5.52. The molecule has 5 rings (SSSR count). The Bertz CT molecular complexity index is 1900. The molecule has 0 saturated carbocycles. The van der Waals surface area contributed by atoms with Crippen LogP contribution in [0.1, 0.15) is 36.5 Å². The molecule has 4 aromatic rings. The first kappa shape index (κ1) is 35.3. The molecule has 0 spiro atoms. The van der Waals surface area contributed by atoms with E-state index in [1.807, 2.05) is 0 Å². The van der Waals surface area contributed by atoms with Crippen LogP contribution in [0.25, 0.3) is 6.08 Å². The van der Waals surface area contributed by atoms with Crippen molar-refractivity contribution in [3.63, 3.8) is 0 Å². The molecule has 0 fully saturated rings. The molecular weight excluding hydrogens is 644 g/mol. The smallest absolute Gasteiger partial charge is 0.255 e. The highest BCUT2D eigenvalue weighted by Crippen LogP contribution is 2.55. The molecular formula is C38H40N2O10. The van der Waals surface area contributed by atoms with Crippen LogP contribution in [0, 0.1) is 5.92 Å². The molecule has 1 aliphatic rings. The van der Waals surface area contributed by atoms with E-state index in [1.54, 1.807) is 62.4 Å². The summed E-state index contributed by atoms with van der Waals surface area (Å²) in [6, 6.07) is 17.0. The van der Waals surface area contributed by atoms with Crippen LogP contribution < -0.4 is 28.7 Å². The molecule has 0 heterocycles. The van der Waals surface area contributed by atoms with Crippen molar-refractivity contribution < 1.29 is 49.0 Å². The number of likely N-dealkylation sites (N-methyl/N-ethyl adjacent to an activating group) is 1. The zero-order valence-electron chi connectivity index (χ0n) is 28.6. The Hall–Kier alpha value is -6.04. The number of ether oxygens (including phenoxy) is 4. The van der Waals surface area contributed by atoms with E-state index >= 15 is 4.79 Å². The summed E-state index contributed by atoms with van der Waals surface area (Å²) in [6.07, 6.45) is 1.60. The van der Waals surface area contributed by atoms with E-state index in [1.165, 1.54) is 62.5 Å². The molecule has 4 N–H and O–H groups in total. The Balaban J connectivity index is 1.88. The van der Waals surface area contributed by atoms with Crippen molar-refractivity contribution in [2.75, 3.05) is 51.3 Å². The second-order valence-corrected chi connectivity index (χ2v) is 11.5. The van der Waals surface area contributed by atoms with Crippen molar-refractivity contribution in [1.29, 1.82) is 0 Å². The van der Waals surface area contributed by atoms with Crippen LogP contribution in [0.4, 0.5) is 11.4 Å². The normalized spacial score (nSPS) is 15.0. The van der Waals surface area contributed by atoms with Gasteiger partial charge in [-0.1, -0.05) is 0 Å². The Morgan fingerprint density at radius 2 is 1.14 bits per heavy atom. The minimum Gasteiger partial charge on any atom is -0.508 e. The van der Waals surface area contributed by atoms with Gasteiger partial charge in [0.25, 0.3) is 5.91 Å². The number of aromatic hydroxyl groups is 4. The molecule has 1 aliphatic carbocycles. The second-order valence-electron chi connectivity index (χ2n) is 11.5. The summed E-state index contributed by atoms with van der Waals surface area (Å²) >= 11 is 0. The van der Waals surface area contributed by atoms with Gasteiger partial charge >= 0.3 is 0 Å². The lowest BCUT2D eigenvalue weighted by Crippen LogP contribution is -2.45. The Morgan fingerprint density at radius 3 is 1.60 bits per heavy atom. The fourth-order valence-electron chi connectivity index (χ4n) is 6.48. The van der Waals surface area contributed by atoms with Gasteiger partial charge in [0, 0.05) is 41.5 Å². The van der Waals surface area contributed by atoms with Crippen LogP contribution in [0.3, 0.4) is 0 Å². The van der Waals surface area contributed by atoms with Crippen molar-refractivity contribution in [2.45, 2.75) is 19.8 Å². The molecule has 12 nitrogen and oxygen atoms in total. The van der Waals surface area contributed by atoms with Gasteiger partial charge in [-0.05, 0) is 97.8 Å². The average Bonchev–Trinajstić information content (AvgIpc) is 3.12. The van der Waals surface area contributed by atoms with Gasteiger partial charge in [0.1, 0.15) is 11.5 Å². The lowest BCUT2D eigenvalue weighted by Gasteiger charge is -2.38. The summed E-state index contributed by atoms with van der Waals surface area (Å²) in [5.41, 5.74) is 2.30. The van der Waals surface area contributed by atoms with Gasteiger partial charge in [-0.15, -0.1) is 0 Å². The Kier molecular flexibility index (Phi) is 10.3. The SMILES string of the molecule is CCN(C(=O)C1=Cc2cc(OC)c(O)c(OC)c2[C@H](c2cc(OC)c(O)c(OC)c2)[C@H]1C(=O)N(CC)c1ccc(O)cc1)c1ccc(O)cc1. The number of phenolic OH excluding ortho intramolecular Hbond substituents is 4. The minimum atomic E-state index is -1.25. The fourth-order valence-corrected chi connectivity index (χ4v) is 6.48. The van der Waals surface area contributed by atoms with E-state index < -0.39 is 23.7 Å². The Morgan fingerprint density at radius 1 is 0.660 bits per heavy atom. The molecule has 4 aromatic carbocycles. The third kappa shape index (κ3) is 6.27. The summed E-state index contributed by atoms with van der Waals surface area (Å²) in [5.74, 6) is -3.57. The maximum absolute atomic E-state index is 15.2. The number of carbonyl (C=O) groups is 2. The lowest BCUT2D eigenvalue weighted by atomic mass is 9.69. The monoisotopic (exact) mass is 684 g/mol.